The van der Waals surface area contributed by atoms with E-state index in [1.165, 1.54) is 19.0 Å². The van der Waals surface area contributed by atoms with E-state index in [0.29, 0.717) is 28.7 Å². The number of methoxy groups -OCH3 is 1. The molecule has 0 spiro atoms. The lowest BCUT2D eigenvalue weighted by molar-refractivity contribution is 0.0600. The normalized spacial score (nSPS) is 14.3. The number of benzene rings is 2. The van der Waals surface area contributed by atoms with Gasteiger partial charge in [-0.1, -0.05) is 30.3 Å². The molecule has 0 aliphatic carbocycles. The maximum atomic E-state index is 11.6. The average molecular weight is 419 g/mol. The van der Waals surface area contributed by atoms with Crippen molar-refractivity contribution in [2.75, 3.05) is 43.9 Å². The number of esters is 1. The van der Waals surface area contributed by atoms with Crippen LogP contribution in [0.2, 0.25) is 0 Å². The quantitative estimate of drug-likeness (QED) is 0.610. The van der Waals surface area contributed by atoms with E-state index in [1.807, 2.05) is 6.07 Å². The minimum absolute atomic E-state index is 0.294. The first-order chi connectivity index (χ1) is 15.1. The molecule has 8 nitrogen and oxygen atoms in total. The molecule has 31 heavy (non-hydrogen) atoms. The van der Waals surface area contributed by atoms with Gasteiger partial charge in [0.15, 0.2) is 5.82 Å². The van der Waals surface area contributed by atoms with Crippen LogP contribution in [-0.4, -0.2) is 54.1 Å². The summed E-state index contributed by atoms with van der Waals surface area (Å²) in [6, 6.07) is 17.1. The summed E-state index contributed by atoms with van der Waals surface area (Å²) < 4.78 is 10.6. The van der Waals surface area contributed by atoms with Crippen molar-refractivity contribution in [3.05, 3.63) is 72.1 Å². The smallest absolute Gasteiger partial charge is 0.337 e. The first-order valence-electron chi connectivity index (χ1n) is 10.1. The highest BCUT2D eigenvalue weighted by atomic mass is 16.5. The Labute approximate surface area is 181 Å². The van der Waals surface area contributed by atoms with Gasteiger partial charge in [-0.2, -0.15) is 4.98 Å². The Bertz CT molecular complexity index is 1020. The number of hydrogen-bond acceptors (Lipinski definition) is 8. The molecule has 1 fully saturated rings. The summed E-state index contributed by atoms with van der Waals surface area (Å²) in [5.41, 5.74) is 8.50. The molecule has 8 heteroatoms. The van der Waals surface area contributed by atoms with Gasteiger partial charge in [0.25, 0.3) is 0 Å². The maximum absolute atomic E-state index is 11.6. The number of hydrogen-bond donors (Lipinski definition) is 1. The zero-order valence-electron chi connectivity index (χ0n) is 17.4. The predicted molar refractivity (Wildman–Crippen MR) is 118 cm³/mol. The van der Waals surface area contributed by atoms with Crippen molar-refractivity contribution >= 4 is 17.5 Å². The number of ether oxygens (including phenoxy) is 2. The van der Waals surface area contributed by atoms with Gasteiger partial charge in [-0.15, -0.1) is 0 Å². The number of rotatable bonds is 6. The van der Waals surface area contributed by atoms with Crippen molar-refractivity contribution in [3.63, 3.8) is 0 Å². The molecular weight excluding hydrogens is 394 g/mol. The summed E-state index contributed by atoms with van der Waals surface area (Å²) in [5.74, 6) is 1.09. The molecule has 1 aromatic heterocycles. The Morgan fingerprint density at radius 3 is 2.39 bits per heavy atom. The Kier molecular flexibility index (Phi) is 6.28. The lowest BCUT2D eigenvalue weighted by Gasteiger charge is -2.35. The van der Waals surface area contributed by atoms with Crippen molar-refractivity contribution in [1.82, 2.24) is 14.9 Å². The van der Waals surface area contributed by atoms with Crippen molar-refractivity contribution in [3.8, 4) is 11.6 Å². The van der Waals surface area contributed by atoms with Gasteiger partial charge >= 0.3 is 5.97 Å². The van der Waals surface area contributed by atoms with E-state index in [4.69, 9.17) is 15.2 Å². The Morgan fingerprint density at radius 1 is 1.00 bits per heavy atom. The summed E-state index contributed by atoms with van der Waals surface area (Å²) >= 11 is 0. The standard InChI is InChI=1S/C23H25N5O3/c1-30-23(29)18-7-9-19(10-8-18)31-22-20(24)21(25-16-26-22)28-13-11-27(12-14-28)15-17-5-3-2-4-6-17/h2-10,16H,11-15,24H2,1H3. The van der Waals surface area contributed by atoms with Crippen LogP contribution in [0.1, 0.15) is 15.9 Å². The summed E-state index contributed by atoms with van der Waals surface area (Å²) in [7, 11) is 1.34. The Balaban J connectivity index is 1.40. The number of piperazine rings is 1. The Hall–Kier alpha value is -3.65. The van der Waals surface area contributed by atoms with E-state index < -0.39 is 5.97 Å². The molecule has 160 valence electrons. The van der Waals surface area contributed by atoms with Crippen LogP contribution in [-0.2, 0) is 11.3 Å². The van der Waals surface area contributed by atoms with Crippen LogP contribution in [0, 0.1) is 0 Å². The molecule has 2 N–H and O–H groups in total. The fourth-order valence-corrected chi connectivity index (χ4v) is 3.55. The molecule has 4 rings (SSSR count). The summed E-state index contributed by atoms with van der Waals surface area (Å²) in [6.07, 6.45) is 1.46. The Morgan fingerprint density at radius 2 is 1.71 bits per heavy atom. The van der Waals surface area contributed by atoms with Crippen LogP contribution in [0.5, 0.6) is 11.6 Å². The summed E-state index contributed by atoms with van der Waals surface area (Å²) in [4.78, 5) is 24.7. The van der Waals surface area contributed by atoms with Crippen molar-refractivity contribution in [1.29, 1.82) is 0 Å². The first-order valence-corrected chi connectivity index (χ1v) is 10.1. The number of aromatic nitrogens is 2. The molecule has 1 saturated heterocycles. The molecule has 0 amide bonds. The van der Waals surface area contributed by atoms with Crippen LogP contribution in [0.4, 0.5) is 11.5 Å². The molecular formula is C23H25N5O3. The highest BCUT2D eigenvalue weighted by molar-refractivity contribution is 5.89. The lowest BCUT2D eigenvalue weighted by atomic mass is 10.2. The molecule has 0 unspecified atom stereocenters. The van der Waals surface area contributed by atoms with Crippen LogP contribution < -0.4 is 15.4 Å². The van der Waals surface area contributed by atoms with E-state index in [0.717, 1.165) is 32.7 Å². The van der Waals surface area contributed by atoms with Crippen molar-refractivity contribution < 1.29 is 14.3 Å². The number of anilines is 2. The van der Waals surface area contributed by atoms with Gasteiger partial charge < -0.3 is 20.1 Å². The molecule has 3 aromatic rings. The first kappa shape index (κ1) is 20.6. The third-order valence-electron chi connectivity index (χ3n) is 5.24. The second-order valence-corrected chi connectivity index (χ2v) is 7.28. The third-order valence-corrected chi connectivity index (χ3v) is 5.24. The van der Waals surface area contributed by atoms with Crippen LogP contribution in [0.3, 0.4) is 0 Å². The van der Waals surface area contributed by atoms with E-state index in [2.05, 4.69) is 44.0 Å². The molecule has 1 aliphatic heterocycles. The van der Waals surface area contributed by atoms with E-state index >= 15 is 0 Å². The second-order valence-electron chi connectivity index (χ2n) is 7.28. The van der Waals surface area contributed by atoms with Gasteiger partial charge in [0.1, 0.15) is 17.8 Å². The van der Waals surface area contributed by atoms with Gasteiger partial charge in [0, 0.05) is 32.7 Å². The minimum atomic E-state index is -0.401. The van der Waals surface area contributed by atoms with Gasteiger partial charge in [-0.3, -0.25) is 4.90 Å². The highest BCUT2D eigenvalue weighted by Crippen LogP contribution is 2.32. The fraction of sp³-hybridized carbons (Fsp3) is 0.261. The topological polar surface area (TPSA) is 93.8 Å². The van der Waals surface area contributed by atoms with E-state index in [1.54, 1.807) is 24.3 Å². The van der Waals surface area contributed by atoms with Crippen LogP contribution >= 0.6 is 0 Å². The number of carbonyl (C=O) groups excluding carboxylic acids is 1. The summed E-state index contributed by atoms with van der Waals surface area (Å²) in [5, 5.41) is 0. The lowest BCUT2D eigenvalue weighted by Crippen LogP contribution is -2.46. The molecule has 2 heterocycles. The number of nitrogen functional groups attached to an aromatic ring is 1. The number of carbonyl (C=O) groups is 1. The van der Waals surface area contributed by atoms with E-state index in [9.17, 15) is 4.79 Å². The van der Waals surface area contributed by atoms with Crippen LogP contribution in [0.15, 0.2) is 60.9 Å². The SMILES string of the molecule is COC(=O)c1ccc(Oc2ncnc(N3CCN(Cc4ccccc4)CC3)c2N)cc1. The van der Waals surface area contributed by atoms with E-state index in [-0.39, 0.29) is 0 Å². The third kappa shape index (κ3) is 4.92. The zero-order valence-corrected chi connectivity index (χ0v) is 17.4. The molecule has 0 atom stereocenters. The van der Waals surface area contributed by atoms with Crippen molar-refractivity contribution in [2.24, 2.45) is 0 Å². The predicted octanol–water partition coefficient (Wildman–Crippen LogP) is 2.96. The van der Waals surface area contributed by atoms with Gasteiger partial charge in [-0.05, 0) is 29.8 Å². The van der Waals surface area contributed by atoms with Crippen molar-refractivity contribution in [2.45, 2.75) is 6.54 Å². The highest BCUT2D eigenvalue weighted by Gasteiger charge is 2.22. The second kappa shape index (κ2) is 9.44. The molecule has 1 aliphatic rings. The monoisotopic (exact) mass is 419 g/mol. The minimum Gasteiger partial charge on any atom is -0.465 e. The van der Waals surface area contributed by atoms with Gasteiger partial charge in [0.2, 0.25) is 5.88 Å². The molecule has 0 bridgehead atoms. The zero-order chi connectivity index (χ0) is 21.6. The average Bonchev–Trinajstić information content (AvgIpc) is 2.82. The largest absolute Gasteiger partial charge is 0.465 e. The van der Waals surface area contributed by atoms with Crippen LogP contribution in [0.25, 0.3) is 0 Å². The maximum Gasteiger partial charge on any atom is 0.337 e. The molecule has 2 aromatic carbocycles. The molecule has 0 saturated carbocycles. The fourth-order valence-electron chi connectivity index (χ4n) is 3.55. The van der Waals surface area contributed by atoms with Gasteiger partial charge in [-0.25, -0.2) is 9.78 Å². The number of nitrogens with zero attached hydrogens (tertiary/aromatic N) is 4. The molecule has 0 radical (unpaired) electrons. The number of nitrogens with two attached hydrogens (primary N) is 1. The van der Waals surface area contributed by atoms with Gasteiger partial charge in [0.05, 0.1) is 12.7 Å². The summed E-state index contributed by atoms with van der Waals surface area (Å²) in [6.45, 7) is 4.42.